The molecule has 0 bridgehead atoms. The van der Waals surface area contributed by atoms with Gasteiger partial charge in [0.1, 0.15) is 0 Å². The molecule has 5 heteroatoms. The van der Waals surface area contributed by atoms with E-state index in [1.165, 1.54) is 4.79 Å². The Bertz CT molecular complexity index is 445. The Labute approximate surface area is 91.0 Å². The Morgan fingerprint density at radius 2 is 1.86 bits per heavy atom. The van der Waals surface area contributed by atoms with Crippen molar-refractivity contribution in [2.45, 2.75) is 0 Å². The van der Waals surface area contributed by atoms with E-state index in [0.717, 1.165) is 11.1 Å². The van der Waals surface area contributed by atoms with Crippen LogP contribution in [0.4, 0.5) is 0 Å². The molecule has 2 aromatic rings. The maximum absolute atomic E-state index is 6.01. The summed E-state index contributed by atoms with van der Waals surface area (Å²) in [5, 5.41) is 5.03. The standard InChI is InChI=1S/C9H7Cl2N3/c10-7-2-1-3-8(11)9(7)6-4-13-14(12)5-6/h1-5H,12H2. The van der Waals surface area contributed by atoms with Crippen molar-refractivity contribution >= 4 is 23.2 Å². The molecule has 0 aliphatic heterocycles. The fraction of sp³-hybridized carbons (Fsp3) is 0. The molecular weight excluding hydrogens is 221 g/mol. The number of benzene rings is 1. The van der Waals surface area contributed by atoms with Crippen LogP contribution in [-0.2, 0) is 0 Å². The topological polar surface area (TPSA) is 43.8 Å². The number of hydrogen-bond acceptors (Lipinski definition) is 2. The highest BCUT2D eigenvalue weighted by atomic mass is 35.5. The molecule has 14 heavy (non-hydrogen) atoms. The third kappa shape index (κ3) is 1.56. The van der Waals surface area contributed by atoms with E-state index < -0.39 is 0 Å². The van der Waals surface area contributed by atoms with E-state index in [1.807, 2.05) is 0 Å². The molecule has 0 spiro atoms. The molecule has 0 fully saturated rings. The van der Waals surface area contributed by atoms with Crippen LogP contribution in [0.5, 0.6) is 0 Å². The van der Waals surface area contributed by atoms with Crippen LogP contribution in [0.25, 0.3) is 11.1 Å². The zero-order valence-corrected chi connectivity index (χ0v) is 8.63. The van der Waals surface area contributed by atoms with Crippen LogP contribution < -0.4 is 5.84 Å². The number of halogens is 2. The molecule has 1 aromatic heterocycles. The van der Waals surface area contributed by atoms with Gasteiger partial charge in [0.15, 0.2) is 0 Å². The Balaban J connectivity index is 2.61. The molecule has 0 saturated carbocycles. The van der Waals surface area contributed by atoms with E-state index in [9.17, 15) is 0 Å². The summed E-state index contributed by atoms with van der Waals surface area (Å²) < 4.78 is 0. The summed E-state index contributed by atoms with van der Waals surface area (Å²) in [4.78, 5) is 1.22. The number of nitrogens with two attached hydrogens (primary N) is 1. The maximum Gasteiger partial charge on any atom is 0.0590 e. The van der Waals surface area contributed by atoms with Crippen LogP contribution in [0, 0.1) is 0 Å². The molecule has 0 aliphatic rings. The van der Waals surface area contributed by atoms with Crippen molar-refractivity contribution in [3.8, 4) is 11.1 Å². The van der Waals surface area contributed by atoms with Gasteiger partial charge in [-0.3, -0.25) is 0 Å². The van der Waals surface area contributed by atoms with Gasteiger partial charge in [0.2, 0.25) is 0 Å². The van der Waals surface area contributed by atoms with Gasteiger partial charge in [-0.1, -0.05) is 29.3 Å². The molecule has 0 unspecified atom stereocenters. The second-order valence-electron chi connectivity index (χ2n) is 2.81. The third-order valence-corrected chi connectivity index (χ3v) is 2.48. The normalized spacial score (nSPS) is 10.4. The van der Waals surface area contributed by atoms with Gasteiger partial charge < -0.3 is 5.84 Å². The van der Waals surface area contributed by atoms with Gasteiger partial charge in [-0.15, -0.1) is 0 Å². The van der Waals surface area contributed by atoms with E-state index in [4.69, 9.17) is 29.0 Å². The van der Waals surface area contributed by atoms with Crippen LogP contribution in [-0.4, -0.2) is 9.89 Å². The van der Waals surface area contributed by atoms with Gasteiger partial charge in [-0.2, -0.15) is 9.89 Å². The number of nitrogens with zero attached hydrogens (tertiary/aromatic N) is 2. The lowest BCUT2D eigenvalue weighted by Crippen LogP contribution is -2.06. The van der Waals surface area contributed by atoms with Crippen molar-refractivity contribution < 1.29 is 0 Å². The molecule has 2 rings (SSSR count). The minimum Gasteiger partial charge on any atom is -0.323 e. The van der Waals surface area contributed by atoms with Gasteiger partial charge >= 0.3 is 0 Å². The average molecular weight is 228 g/mol. The van der Waals surface area contributed by atoms with E-state index in [-0.39, 0.29) is 0 Å². The SMILES string of the molecule is Nn1cc(-c2c(Cl)cccc2Cl)cn1. The smallest absolute Gasteiger partial charge is 0.0590 e. The monoisotopic (exact) mass is 227 g/mol. The summed E-state index contributed by atoms with van der Waals surface area (Å²) in [6, 6.07) is 5.34. The summed E-state index contributed by atoms with van der Waals surface area (Å²) in [5.41, 5.74) is 1.57. The zero-order chi connectivity index (χ0) is 10.1. The fourth-order valence-corrected chi connectivity index (χ4v) is 1.86. The largest absolute Gasteiger partial charge is 0.323 e. The Hall–Kier alpha value is -1.19. The minimum absolute atomic E-state index is 0.588. The highest BCUT2D eigenvalue weighted by Crippen LogP contribution is 2.33. The van der Waals surface area contributed by atoms with Gasteiger partial charge in [-0.25, -0.2) is 0 Å². The minimum atomic E-state index is 0.588. The second-order valence-corrected chi connectivity index (χ2v) is 3.62. The fourth-order valence-electron chi connectivity index (χ4n) is 1.24. The number of hydrogen-bond donors (Lipinski definition) is 1. The van der Waals surface area contributed by atoms with Crippen molar-refractivity contribution in [3.05, 3.63) is 40.6 Å². The van der Waals surface area contributed by atoms with Gasteiger partial charge in [-0.05, 0) is 12.1 Å². The first kappa shape index (κ1) is 9.37. The maximum atomic E-state index is 6.01. The number of aromatic nitrogens is 2. The molecule has 72 valence electrons. The molecule has 0 amide bonds. The van der Waals surface area contributed by atoms with Crippen LogP contribution in [0.3, 0.4) is 0 Å². The van der Waals surface area contributed by atoms with Gasteiger partial charge in [0.05, 0.1) is 22.4 Å². The van der Waals surface area contributed by atoms with Crippen molar-refractivity contribution in [3.63, 3.8) is 0 Å². The molecule has 0 radical (unpaired) electrons. The first-order chi connectivity index (χ1) is 6.68. The Morgan fingerprint density at radius 3 is 2.36 bits per heavy atom. The van der Waals surface area contributed by atoms with E-state index in [0.29, 0.717) is 10.0 Å². The molecule has 1 heterocycles. The van der Waals surface area contributed by atoms with Crippen LogP contribution in [0.2, 0.25) is 10.0 Å². The quantitative estimate of drug-likeness (QED) is 0.762. The van der Waals surface area contributed by atoms with Crippen molar-refractivity contribution in [1.82, 2.24) is 9.89 Å². The van der Waals surface area contributed by atoms with Crippen molar-refractivity contribution in [1.29, 1.82) is 0 Å². The van der Waals surface area contributed by atoms with Crippen LogP contribution >= 0.6 is 23.2 Å². The Kier molecular flexibility index (Phi) is 2.35. The second kappa shape index (κ2) is 3.52. The Morgan fingerprint density at radius 1 is 1.21 bits per heavy atom. The van der Waals surface area contributed by atoms with Crippen LogP contribution in [0.15, 0.2) is 30.6 Å². The zero-order valence-electron chi connectivity index (χ0n) is 7.11. The summed E-state index contributed by atoms with van der Waals surface area (Å²) in [6.45, 7) is 0. The predicted octanol–water partition coefficient (Wildman–Crippen LogP) is 2.57. The lowest BCUT2D eigenvalue weighted by atomic mass is 10.1. The molecule has 0 atom stereocenters. The first-order valence-electron chi connectivity index (χ1n) is 3.92. The number of nitrogen functional groups attached to an aromatic ring is 1. The first-order valence-corrected chi connectivity index (χ1v) is 4.68. The molecule has 1 aromatic carbocycles. The number of rotatable bonds is 1. The summed E-state index contributed by atoms with van der Waals surface area (Å²) >= 11 is 12.0. The van der Waals surface area contributed by atoms with Crippen molar-refractivity contribution in [2.75, 3.05) is 5.84 Å². The third-order valence-electron chi connectivity index (χ3n) is 1.85. The van der Waals surface area contributed by atoms with Crippen LogP contribution in [0.1, 0.15) is 0 Å². The molecule has 0 saturated heterocycles. The molecular formula is C9H7Cl2N3. The lowest BCUT2D eigenvalue weighted by Gasteiger charge is -2.02. The van der Waals surface area contributed by atoms with E-state index in [2.05, 4.69) is 5.10 Å². The molecule has 2 N–H and O–H groups in total. The predicted molar refractivity (Wildman–Crippen MR) is 57.8 cm³/mol. The summed E-state index contributed by atoms with van der Waals surface area (Å²) in [5.74, 6) is 5.44. The average Bonchev–Trinajstić information content (AvgIpc) is 2.51. The summed E-state index contributed by atoms with van der Waals surface area (Å²) in [6.07, 6.45) is 3.28. The lowest BCUT2D eigenvalue weighted by molar-refractivity contribution is 0.832. The highest BCUT2D eigenvalue weighted by Gasteiger charge is 2.09. The van der Waals surface area contributed by atoms with Gasteiger partial charge in [0.25, 0.3) is 0 Å². The molecule has 3 nitrogen and oxygen atoms in total. The van der Waals surface area contributed by atoms with E-state index in [1.54, 1.807) is 30.6 Å². The summed E-state index contributed by atoms with van der Waals surface area (Å²) in [7, 11) is 0. The highest BCUT2D eigenvalue weighted by molar-refractivity contribution is 6.39. The molecule has 0 aliphatic carbocycles. The van der Waals surface area contributed by atoms with Crippen molar-refractivity contribution in [2.24, 2.45) is 0 Å². The van der Waals surface area contributed by atoms with Gasteiger partial charge in [0, 0.05) is 11.1 Å². The van der Waals surface area contributed by atoms with E-state index >= 15 is 0 Å².